The first kappa shape index (κ1) is 13.9. The molecule has 1 aromatic rings. The Kier molecular flexibility index (Phi) is 4.30. The maximum absolute atomic E-state index is 6.56. The smallest absolute Gasteiger partial charge is 0.119 e. The molecule has 4 atom stereocenters. The second-order valence-electron chi connectivity index (χ2n) is 6.68. The molecular formula is C18H27NO. The summed E-state index contributed by atoms with van der Waals surface area (Å²) in [4.78, 5) is 0. The van der Waals surface area contributed by atoms with Crippen LogP contribution in [0, 0.1) is 17.8 Å². The average molecular weight is 273 g/mol. The molecule has 0 amide bonds. The summed E-state index contributed by atoms with van der Waals surface area (Å²) in [5, 5.41) is 0. The number of benzene rings is 1. The molecule has 0 saturated heterocycles. The van der Waals surface area contributed by atoms with Gasteiger partial charge in [0, 0.05) is 6.04 Å². The number of ether oxygens (including phenoxy) is 1. The van der Waals surface area contributed by atoms with E-state index in [0.717, 1.165) is 17.6 Å². The third-order valence-electron chi connectivity index (χ3n) is 5.57. The van der Waals surface area contributed by atoms with Crippen molar-refractivity contribution in [3.8, 4) is 5.75 Å². The fourth-order valence-electron chi connectivity index (χ4n) is 4.36. The highest BCUT2D eigenvalue weighted by Crippen LogP contribution is 2.45. The van der Waals surface area contributed by atoms with E-state index in [1.807, 2.05) is 6.07 Å². The quantitative estimate of drug-likeness (QED) is 0.891. The lowest BCUT2D eigenvalue weighted by molar-refractivity contribution is 0.117. The second-order valence-corrected chi connectivity index (χ2v) is 6.68. The van der Waals surface area contributed by atoms with Gasteiger partial charge >= 0.3 is 0 Å². The summed E-state index contributed by atoms with van der Waals surface area (Å²) in [5.41, 5.74) is 7.80. The molecule has 2 nitrogen and oxygen atoms in total. The van der Waals surface area contributed by atoms with Crippen molar-refractivity contribution < 1.29 is 4.74 Å². The van der Waals surface area contributed by atoms with E-state index in [1.54, 1.807) is 7.11 Å². The predicted molar refractivity (Wildman–Crippen MR) is 82.7 cm³/mol. The van der Waals surface area contributed by atoms with Crippen molar-refractivity contribution >= 4 is 0 Å². The zero-order chi connectivity index (χ0) is 13.9. The van der Waals surface area contributed by atoms with Gasteiger partial charge in [-0.2, -0.15) is 0 Å². The lowest BCUT2D eigenvalue weighted by Crippen LogP contribution is -2.33. The summed E-state index contributed by atoms with van der Waals surface area (Å²) >= 11 is 0. The number of rotatable bonds is 3. The van der Waals surface area contributed by atoms with Crippen molar-refractivity contribution in [3.63, 3.8) is 0 Å². The fourth-order valence-corrected chi connectivity index (χ4v) is 4.36. The molecule has 2 N–H and O–H groups in total. The fraction of sp³-hybridized carbons (Fsp3) is 0.667. The number of fused-ring (bicyclic) bond motifs is 1. The second kappa shape index (κ2) is 6.17. The van der Waals surface area contributed by atoms with Crippen LogP contribution in [-0.2, 0) is 0 Å². The molecule has 0 spiro atoms. The summed E-state index contributed by atoms with van der Waals surface area (Å²) in [6.07, 6.45) is 9.82. The standard InChI is InChI=1S/C18H27NO/c1-20-17-8-4-7-15(12-17)18(19)16-10-9-13-5-2-3-6-14(13)11-16/h4,7-8,12-14,16,18H,2-3,5-6,9-11,19H2,1H3. The molecule has 2 aliphatic carbocycles. The van der Waals surface area contributed by atoms with E-state index in [2.05, 4.69) is 18.2 Å². The van der Waals surface area contributed by atoms with Crippen molar-refractivity contribution in [2.24, 2.45) is 23.5 Å². The maximum Gasteiger partial charge on any atom is 0.119 e. The Balaban J connectivity index is 1.69. The van der Waals surface area contributed by atoms with Gasteiger partial charge in [0.05, 0.1) is 7.11 Å². The molecule has 3 rings (SSSR count). The Labute approximate surface area is 122 Å². The van der Waals surface area contributed by atoms with E-state index in [0.29, 0.717) is 5.92 Å². The Morgan fingerprint density at radius 2 is 1.90 bits per heavy atom. The van der Waals surface area contributed by atoms with Crippen LogP contribution in [0.1, 0.15) is 56.6 Å². The van der Waals surface area contributed by atoms with Crippen molar-refractivity contribution in [1.82, 2.24) is 0 Å². The van der Waals surface area contributed by atoms with Crippen molar-refractivity contribution in [3.05, 3.63) is 29.8 Å². The highest BCUT2D eigenvalue weighted by molar-refractivity contribution is 5.30. The monoisotopic (exact) mass is 273 g/mol. The summed E-state index contributed by atoms with van der Waals surface area (Å²) in [7, 11) is 1.72. The largest absolute Gasteiger partial charge is 0.497 e. The van der Waals surface area contributed by atoms with Gasteiger partial charge in [-0.15, -0.1) is 0 Å². The summed E-state index contributed by atoms with van der Waals surface area (Å²) in [6, 6.07) is 8.49. The average Bonchev–Trinajstić information content (AvgIpc) is 2.53. The maximum atomic E-state index is 6.56. The topological polar surface area (TPSA) is 35.2 Å². The first-order valence-corrected chi connectivity index (χ1v) is 8.17. The van der Waals surface area contributed by atoms with Gasteiger partial charge in [0.15, 0.2) is 0 Å². The molecule has 0 aliphatic heterocycles. The molecule has 4 unspecified atom stereocenters. The van der Waals surface area contributed by atoms with Crippen LogP contribution in [0.2, 0.25) is 0 Å². The van der Waals surface area contributed by atoms with Crippen LogP contribution in [-0.4, -0.2) is 7.11 Å². The number of hydrogen-bond donors (Lipinski definition) is 1. The minimum atomic E-state index is 0.174. The molecule has 2 saturated carbocycles. The van der Waals surface area contributed by atoms with Gasteiger partial charge in [-0.3, -0.25) is 0 Å². The molecule has 110 valence electrons. The van der Waals surface area contributed by atoms with E-state index in [1.165, 1.54) is 50.5 Å². The molecule has 20 heavy (non-hydrogen) atoms. The van der Waals surface area contributed by atoms with E-state index in [-0.39, 0.29) is 6.04 Å². The molecule has 2 heteroatoms. The summed E-state index contributed by atoms with van der Waals surface area (Å²) in [5.74, 6) is 3.52. The first-order valence-electron chi connectivity index (χ1n) is 8.17. The summed E-state index contributed by atoms with van der Waals surface area (Å²) < 4.78 is 5.32. The van der Waals surface area contributed by atoms with E-state index in [9.17, 15) is 0 Å². The van der Waals surface area contributed by atoms with E-state index >= 15 is 0 Å². The van der Waals surface area contributed by atoms with Crippen LogP contribution in [0.3, 0.4) is 0 Å². The molecule has 0 radical (unpaired) electrons. The van der Waals surface area contributed by atoms with Gasteiger partial charge in [0.25, 0.3) is 0 Å². The van der Waals surface area contributed by atoms with Gasteiger partial charge < -0.3 is 10.5 Å². The number of nitrogens with two attached hydrogens (primary N) is 1. The van der Waals surface area contributed by atoms with Crippen LogP contribution >= 0.6 is 0 Å². The first-order chi connectivity index (χ1) is 9.78. The lowest BCUT2D eigenvalue weighted by atomic mass is 9.65. The molecule has 0 aromatic heterocycles. The number of methoxy groups -OCH3 is 1. The van der Waals surface area contributed by atoms with Crippen molar-refractivity contribution in [1.29, 1.82) is 0 Å². The van der Waals surface area contributed by atoms with Crippen molar-refractivity contribution in [2.45, 2.75) is 51.0 Å². The van der Waals surface area contributed by atoms with Gasteiger partial charge in [-0.05, 0) is 54.7 Å². The summed E-state index contributed by atoms with van der Waals surface area (Å²) in [6.45, 7) is 0. The van der Waals surface area contributed by atoms with E-state index in [4.69, 9.17) is 10.5 Å². The Bertz CT molecular complexity index is 445. The van der Waals surface area contributed by atoms with Gasteiger partial charge in [0.2, 0.25) is 0 Å². The predicted octanol–water partition coefficient (Wildman–Crippen LogP) is 4.30. The molecule has 2 fully saturated rings. The van der Waals surface area contributed by atoms with E-state index < -0.39 is 0 Å². The van der Waals surface area contributed by atoms with Gasteiger partial charge in [-0.1, -0.05) is 37.8 Å². The third-order valence-corrected chi connectivity index (χ3v) is 5.57. The SMILES string of the molecule is COc1cccc(C(N)C2CCC3CCCCC3C2)c1. The van der Waals surface area contributed by atoms with Crippen LogP contribution < -0.4 is 10.5 Å². The molecule has 0 heterocycles. The Morgan fingerprint density at radius 1 is 1.10 bits per heavy atom. The van der Waals surface area contributed by atoms with Crippen molar-refractivity contribution in [2.75, 3.05) is 7.11 Å². The van der Waals surface area contributed by atoms with Gasteiger partial charge in [-0.25, -0.2) is 0 Å². The van der Waals surface area contributed by atoms with Crippen LogP contribution in [0.4, 0.5) is 0 Å². The lowest BCUT2D eigenvalue weighted by Gasteiger charge is -2.41. The Hall–Kier alpha value is -1.02. The highest BCUT2D eigenvalue weighted by atomic mass is 16.5. The minimum Gasteiger partial charge on any atom is -0.497 e. The Morgan fingerprint density at radius 3 is 2.70 bits per heavy atom. The molecule has 0 bridgehead atoms. The molecule has 2 aliphatic rings. The third kappa shape index (κ3) is 2.85. The zero-order valence-electron chi connectivity index (χ0n) is 12.6. The van der Waals surface area contributed by atoms with Crippen LogP contribution in [0.5, 0.6) is 5.75 Å². The normalized spacial score (nSPS) is 31.4. The molecule has 1 aromatic carbocycles. The van der Waals surface area contributed by atoms with Crippen LogP contribution in [0.25, 0.3) is 0 Å². The molecular weight excluding hydrogens is 246 g/mol. The number of hydrogen-bond acceptors (Lipinski definition) is 2. The highest BCUT2D eigenvalue weighted by Gasteiger charge is 2.34. The minimum absolute atomic E-state index is 0.174. The van der Waals surface area contributed by atoms with Crippen LogP contribution in [0.15, 0.2) is 24.3 Å². The zero-order valence-corrected chi connectivity index (χ0v) is 12.6. The van der Waals surface area contributed by atoms with Gasteiger partial charge in [0.1, 0.15) is 5.75 Å².